The molecule has 3 nitrogen and oxygen atoms in total. The van der Waals surface area contributed by atoms with Crippen molar-refractivity contribution in [2.45, 2.75) is 13.8 Å². The van der Waals surface area contributed by atoms with Crippen LogP contribution in [0, 0.1) is 6.92 Å². The molecule has 0 amide bonds. The van der Waals surface area contributed by atoms with Gasteiger partial charge in [0, 0.05) is 0 Å². The third-order valence-electron chi connectivity index (χ3n) is 1.21. The van der Waals surface area contributed by atoms with Crippen LogP contribution in [-0.4, -0.2) is 12.6 Å². The number of rotatable bonds is 2. The summed E-state index contributed by atoms with van der Waals surface area (Å²) in [6.07, 6.45) is 1.52. The molecule has 0 unspecified atom stereocenters. The molecule has 11 heavy (non-hydrogen) atoms. The highest BCUT2D eigenvalue weighted by atomic mass is 16.5. The lowest BCUT2D eigenvalue weighted by molar-refractivity contribution is 0.0490. The van der Waals surface area contributed by atoms with Crippen LogP contribution in [0.1, 0.15) is 23.0 Å². The molecule has 0 atom stereocenters. The third kappa shape index (κ3) is 1.83. The quantitative estimate of drug-likeness (QED) is 0.609. The normalized spacial score (nSPS) is 9.64. The van der Waals surface area contributed by atoms with E-state index in [1.165, 1.54) is 6.26 Å². The van der Waals surface area contributed by atoms with Gasteiger partial charge in [-0.3, -0.25) is 0 Å². The molecule has 0 aromatic carbocycles. The highest BCUT2D eigenvalue weighted by Gasteiger charge is 2.09. The van der Waals surface area contributed by atoms with E-state index in [9.17, 15) is 4.79 Å². The maximum Gasteiger partial charge on any atom is 0.374 e. The zero-order valence-corrected chi connectivity index (χ0v) is 6.59. The second kappa shape index (κ2) is 3.23. The number of hydrogen-bond acceptors (Lipinski definition) is 3. The van der Waals surface area contributed by atoms with E-state index >= 15 is 0 Å². The van der Waals surface area contributed by atoms with Gasteiger partial charge in [0.15, 0.2) is 0 Å². The van der Waals surface area contributed by atoms with E-state index in [2.05, 4.69) is 0 Å². The predicted octanol–water partition coefficient (Wildman–Crippen LogP) is 1.76. The highest BCUT2D eigenvalue weighted by Crippen LogP contribution is 2.07. The molecule has 0 radical (unpaired) electrons. The summed E-state index contributed by atoms with van der Waals surface area (Å²) in [5.41, 5.74) is 0.924. The Morgan fingerprint density at radius 2 is 2.45 bits per heavy atom. The molecule has 3 heteroatoms. The van der Waals surface area contributed by atoms with Crippen molar-refractivity contribution in [2.75, 3.05) is 6.61 Å². The number of carbonyl (C=O) groups is 1. The van der Waals surface area contributed by atoms with E-state index in [1.807, 2.05) is 6.92 Å². The second-order valence-corrected chi connectivity index (χ2v) is 2.21. The number of furan rings is 1. The van der Waals surface area contributed by atoms with Crippen molar-refractivity contribution < 1.29 is 13.9 Å². The van der Waals surface area contributed by atoms with E-state index in [-0.39, 0.29) is 5.76 Å². The average molecular weight is 154 g/mol. The number of esters is 1. The van der Waals surface area contributed by atoms with Crippen LogP contribution in [0.5, 0.6) is 0 Å². The fraction of sp³-hybridized carbons (Fsp3) is 0.375. The largest absolute Gasteiger partial charge is 0.460 e. The fourth-order valence-electron chi connectivity index (χ4n) is 0.741. The van der Waals surface area contributed by atoms with Gasteiger partial charge in [0.1, 0.15) is 0 Å². The lowest BCUT2D eigenvalue weighted by Crippen LogP contribution is -2.02. The number of hydrogen-bond donors (Lipinski definition) is 0. The Kier molecular flexibility index (Phi) is 2.31. The minimum absolute atomic E-state index is 0.268. The molecule has 0 fully saturated rings. The van der Waals surface area contributed by atoms with Gasteiger partial charge < -0.3 is 9.15 Å². The van der Waals surface area contributed by atoms with Gasteiger partial charge in [0.05, 0.1) is 12.9 Å². The summed E-state index contributed by atoms with van der Waals surface area (Å²) in [5.74, 6) is -0.134. The summed E-state index contributed by atoms with van der Waals surface area (Å²) < 4.78 is 9.61. The minimum Gasteiger partial charge on any atom is -0.460 e. The number of carbonyl (C=O) groups excluding carboxylic acids is 1. The molecule has 0 bridgehead atoms. The molecule has 0 saturated heterocycles. The van der Waals surface area contributed by atoms with Crippen molar-refractivity contribution in [3.8, 4) is 0 Å². The summed E-state index contributed by atoms with van der Waals surface area (Å²) in [7, 11) is 0. The Labute approximate surface area is 65.0 Å². The zero-order chi connectivity index (χ0) is 8.27. The summed E-state index contributed by atoms with van der Waals surface area (Å²) in [6.45, 7) is 3.98. The van der Waals surface area contributed by atoms with Crippen LogP contribution in [-0.2, 0) is 4.74 Å². The van der Waals surface area contributed by atoms with Gasteiger partial charge in [-0.2, -0.15) is 0 Å². The topological polar surface area (TPSA) is 39.4 Å². The van der Waals surface area contributed by atoms with Crippen molar-refractivity contribution in [3.63, 3.8) is 0 Å². The molecule has 0 N–H and O–H groups in total. The first-order valence-corrected chi connectivity index (χ1v) is 3.46. The van der Waals surface area contributed by atoms with Crippen LogP contribution in [0.15, 0.2) is 16.7 Å². The standard InChI is InChI=1S/C8H10O3/c1-3-10-8(9)7-4-6(2)5-11-7/h4-5H,3H2,1-2H3. The lowest BCUT2D eigenvalue weighted by atomic mass is 10.3. The smallest absolute Gasteiger partial charge is 0.374 e. The van der Waals surface area contributed by atoms with Crippen molar-refractivity contribution in [3.05, 3.63) is 23.7 Å². The highest BCUT2D eigenvalue weighted by molar-refractivity contribution is 5.86. The molecule has 0 aliphatic carbocycles. The first-order chi connectivity index (χ1) is 5.24. The molecular formula is C8H10O3. The van der Waals surface area contributed by atoms with Gasteiger partial charge in [0.2, 0.25) is 5.76 Å². The molecule has 0 aliphatic rings. The van der Waals surface area contributed by atoms with Crippen LogP contribution in [0.2, 0.25) is 0 Å². The summed E-state index contributed by atoms with van der Waals surface area (Å²) in [6, 6.07) is 1.65. The van der Waals surface area contributed by atoms with Crippen molar-refractivity contribution in [2.24, 2.45) is 0 Å². The second-order valence-electron chi connectivity index (χ2n) is 2.21. The summed E-state index contributed by atoms with van der Waals surface area (Å²) in [5, 5.41) is 0. The Morgan fingerprint density at radius 3 is 2.91 bits per heavy atom. The molecule has 0 aliphatic heterocycles. The molecule has 1 rings (SSSR count). The predicted molar refractivity (Wildman–Crippen MR) is 39.4 cm³/mol. The molecular weight excluding hydrogens is 144 g/mol. The Morgan fingerprint density at radius 1 is 1.73 bits per heavy atom. The maximum absolute atomic E-state index is 10.9. The SMILES string of the molecule is CCOC(=O)c1cc(C)co1. The van der Waals surface area contributed by atoms with Crippen LogP contribution in [0.25, 0.3) is 0 Å². The van der Waals surface area contributed by atoms with Crippen LogP contribution in [0.3, 0.4) is 0 Å². The summed E-state index contributed by atoms with van der Waals surface area (Å²) >= 11 is 0. The molecule has 1 aromatic heterocycles. The molecule has 0 spiro atoms. The van der Waals surface area contributed by atoms with Crippen LogP contribution in [0.4, 0.5) is 0 Å². The minimum atomic E-state index is -0.402. The monoisotopic (exact) mass is 154 g/mol. The Balaban J connectivity index is 2.69. The van der Waals surface area contributed by atoms with Gasteiger partial charge in [-0.1, -0.05) is 0 Å². The first kappa shape index (κ1) is 7.85. The van der Waals surface area contributed by atoms with E-state index in [4.69, 9.17) is 9.15 Å². The van der Waals surface area contributed by atoms with E-state index in [0.29, 0.717) is 6.61 Å². The van der Waals surface area contributed by atoms with Crippen molar-refractivity contribution in [1.82, 2.24) is 0 Å². The summed E-state index contributed by atoms with van der Waals surface area (Å²) in [4.78, 5) is 10.9. The lowest BCUT2D eigenvalue weighted by Gasteiger charge is -1.95. The Bertz CT molecular complexity index is 250. The van der Waals surface area contributed by atoms with Crippen molar-refractivity contribution >= 4 is 5.97 Å². The number of aryl methyl sites for hydroxylation is 1. The van der Waals surface area contributed by atoms with E-state index < -0.39 is 5.97 Å². The molecule has 1 aromatic rings. The van der Waals surface area contributed by atoms with Crippen molar-refractivity contribution in [1.29, 1.82) is 0 Å². The maximum atomic E-state index is 10.9. The van der Waals surface area contributed by atoms with E-state index in [0.717, 1.165) is 5.56 Å². The molecule has 0 saturated carbocycles. The van der Waals surface area contributed by atoms with Crippen LogP contribution >= 0.6 is 0 Å². The van der Waals surface area contributed by atoms with Gasteiger partial charge in [0.25, 0.3) is 0 Å². The van der Waals surface area contributed by atoms with Gasteiger partial charge in [-0.05, 0) is 25.5 Å². The van der Waals surface area contributed by atoms with Gasteiger partial charge >= 0.3 is 5.97 Å². The van der Waals surface area contributed by atoms with Gasteiger partial charge in [-0.15, -0.1) is 0 Å². The first-order valence-electron chi connectivity index (χ1n) is 3.46. The molecule has 1 heterocycles. The fourth-order valence-corrected chi connectivity index (χ4v) is 0.741. The number of ether oxygens (including phenoxy) is 1. The third-order valence-corrected chi connectivity index (χ3v) is 1.21. The molecule has 60 valence electrons. The van der Waals surface area contributed by atoms with Gasteiger partial charge in [-0.25, -0.2) is 4.79 Å². The average Bonchev–Trinajstić information content (AvgIpc) is 2.36. The zero-order valence-electron chi connectivity index (χ0n) is 6.59. The van der Waals surface area contributed by atoms with Crippen LogP contribution < -0.4 is 0 Å². The Hall–Kier alpha value is -1.25. The van der Waals surface area contributed by atoms with E-state index in [1.54, 1.807) is 13.0 Å².